The number of hydrogen-bond donors (Lipinski definition) is 0. The molecular weight excluding hydrogens is 300 g/mol. The molecule has 0 aliphatic heterocycles. The topological polar surface area (TPSA) is 0 Å². The van der Waals surface area contributed by atoms with Crippen molar-refractivity contribution in [3.63, 3.8) is 0 Å². The fourth-order valence-corrected chi connectivity index (χ4v) is 2.95. The minimum atomic E-state index is 1.09. The first-order valence-corrected chi connectivity index (χ1v) is 8.68. The van der Waals surface area contributed by atoms with Crippen molar-refractivity contribution in [3.05, 3.63) is 102 Å². The van der Waals surface area contributed by atoms with Crippen LogP contribution in [0.5, 0.6) is 0 Å². The third-order valence-corrected chi connectivity index (χ3v) is 4.71. The van der Waals surface area contributed by atoms with E-state index in [4.69, 9.17) is 0 Å². The largest absolute Gasteiger partial charge is 0.0909 e. The van der Waals surface area contributed by atoms with Crippen molar-refractivity contribution in [3.8, 4) is 22.3 Å². The molecule has 0 heteroatoms. The van der Waals surface area contributed by atoms with Crippen molar-refractivity contribution in [1.29, 1.82) is 0 Å². The molecule has 3 aromatic carbocycles. The Labute approximate surface area is 151 Å². The maximum Gasteiger partial charge on any atom is -0.0181 e. The Morgan fingerprint density at radius 3 is 1.80 bits per heavy atom. The van der Waals surface area contributed by atoms with Gasteiger partial charge in [0.1, 0.15) is 0 Å². The monoisotopic (exact) mass is 324 g/mol. The summed E-state index contributed by atoms with van der Waals surface area (Å²) in [6.07, 6.45) is 2.10. The minimum absolute atomic E-state index is 1.09. The predicted molar refractivity (Wildman–Crippen MR) is 111 cm³/mol. The quantitative estimate of drug-likeness (QED) is 0.441. The van der Waals surface area contributed by atoms with Crippen LogP contribution >= 0.6 is 0 Å². The number of allylic oxidation sites excluding steroid dienone is 3. The van der Waals surface area contributed by atoms with Crippen LogP contribution in [0.2, 0.25) is 0 Å². The smallest absolute Gasteiger partial charge is 0.0181 e. The molecule has 0 saturated heterocycles. The van der Waals surface area contributed by atoms with E-state index in [9.17, 15) is 0 Å². The van der Waals surface area contributed by atoms with Gasteiger partial charge in [-0.2, -0.15) is 0 Å². The van der Waals surface area contributed by atoms with Crippen molar-refractivity contribution in [2.45, 2.75) is 20.8 Å². The van der Waals surface area contributed by atoms with Crippen molar-refractivity contribution in [1.82, 2.24) is 0 Å². The molecule has 0 spiro atoms. The highest BCUT2D eigenvalue weighted by Crippen LogP contribution is 2.27. The highest BCUT2D eigenvalue weighted by Gasteiger charge is 2.03. The Balaban J connectivity index is 1.84. The maximum atomic E-state index is 4.18. The fourth-order valence-electron chi connectivity index (χ4n) is 2.95. The molecule has 124 valence electrons. The van der Waals surface area contributed by atoms with Gasteiger partial charge in [0.2, 0.25) is 0 Å². The molecule has 0 N–H and O–H groups in total. The van der Waals surface area contributed by atoms with Crippen LogP contribution in [0.25, 0.3) is 27.8 Å². The second-order valence-corrected chi connectivity index (χ2v) is 6.47. The Morgan fingerprint density at radius 1 is 0.760 bits per heavy atom. The third kappa shape index (κ3) is 3.80. The van der Waals surface area contributed by atoms with Crippen LogP contribution in [-0.2, 0) is 0 Å². The molecular formula is C25H24. The average molecular weight is 324 g/mol. The van der Waals surface area contributed by atoms with Crippen LogP contribution in [0.3, 0.4) is 0 Å². The summed E-state index contributed by atoms with van der Waals surface area (Å²) in [5.41, 5.74) is 9.74. The Morgan fingerprint density at radius 2 is 1.28 bits per heavy atom. The SMILES string of the molecule is C=C(/C(C)=C/C)c1ccc(-c2ccc(-c3cccc(C)c3)cc2)cc1. The van der Waals surface area contributed by atoms with E-state index in [0.717, 1.165) is 5.57 Å². The second kappa shape index (κ2) is 7.36. The zero-order valence-corrected chi connectivity index (χ0v) is 15.2. The lowest BCUT2D eigenvalue weighted by atomic mass is 9.96. The molecule has 0 saturated carbocycles. The van der Waals surface area contributed by atoms with Gasteiger partial charge < -0.3 is 0 Å². The van der Waals surface area contributed by atoms with Crippen LogP contribution in [0.4, 0.5) is 0 Å². The molecule has 0 unspecified atom stereocenters. The summed E-state index contributed by atoms with van der Waals surface area (Å²) >= 11 is 0. The van der Waals surface area contributed by atoms with Crippen molar-refractivity contribution in [2.24, 2.45) is 0 Å². The maximum absolute atomic E-state index is 4.18. The van der Waals surface area contributed by atoms with Gasteiger partial charge in [-0.05, 0) is 59.7 Å². The number of hydrogen-bond acceptors (Lipinski definition) is 0. The van der Waals surface area contributed by atoms with Gasteiger partial charge in [0.25, 0.3) is 0 Å². The number of benzene rings is 3. The lowest BCUT2D eigenvalue weighted by Gasteiger charge is -2.09. The molecule has 0 bridgehead atoms. The lowest BCUT2D eigenvalue weighted by molar-refractivity contribution is 1.46. The molecule has 3 rings (SSSR count). The standard InChI is InChI=1S/C25H24/c1-5-19(3)20(4)21-9-11-22(12-10-21)23-13-15-24(16-14-23)25-8-6-7-18(2)17-25/h5-17H,4H2,1-3H3/b19-5+. The summed E-state index contributed by atoms with van der Waals surface area (Å²) in [5.74, 6) is 0. The zero-order chi connectivity index (χ0) is 17.8. The van der Waals surface area contributed by atoms with E-state index in [0.29, 0.717) is 0 Å². The van der Waals surface area contributed by atoms with Gasteiger partial charge in [0.15, 0.2) is 0 Å². The van der Waals surface area contributed by atoms with Gasteiger partial charge in [0, 0.05) is 0 Å². The summed E-state index contributed by atoms with van der Waals surface area (Å²) < 4.78 is 0. The van der Waals surface area contributed by atoms with E-state index < -0.39 is 0 Å². The summed E-state index contributed by atoms with van der Waals surface area (Å²) in [7, 11) is 0. The zero-order valence-electron chi connectivity index (χ0n) is 15.2. The van der Waals surface area contributed by atoms with Crippen molar-refractivity contribution < 1.29 is 0 Å². The van der Waals surface area contributed by atoms with Gasteiger partial charge in [0.05, 0.1) is 0 Å². The predicted octanol–water partition coefficient (Wildman–Crippen LogP) is 7.31. The minimum Gasteiger partial charge on any atom is -0.0909 e. The molecule has 0 atom stereocenters. The molecule has 0 aromatic heterocycles. The first kappa shape index (κ1) is 17.0. The van der Waals surface area contributed by atoms with Crippen molar-refractivity contribution in [2.75, 3.05) is 0 Å². The van der Waals surface area contributed by atoms with Crippen LogP contribution < -0.4 is 0 Å². The van der Waals surface area contributed by atoms with E-state index in [-0.39, 0.29) is 0 Å². The Bertz CT molecular complexity index is 907. The van der Waals surface area contributed by atoms with Gasteiger partial charge >= 0.3 is 0 Å². The highest BCUT2D eigenvalue weighted by molar-refractivity contribution is 5.78. The number of aryl methyl sites for hydroxylation is 1. The average Bonchev–Trinajstić information content (AvgIpc) is 2.67. The van der Waals surface area contributed by atoms with E-state index >= 15 is 0 Å². The molecule has 0 fully saturated rings. The van der Waals surface area contributed by atoms with Gasteiger partial charge in [-0.15, -0.1) is 0 Å². The van der Waals surface area contributed by atoms with Crippen LogP contribution in [-0.4, -0.2) is 0 Å². The molecule has 3 aromatic rings. The van der Waals surface area contributed by atoms with E-state index in [2.05, 4.69) is 99.3 Å². The summed E-state index contributed by atoms with van der Waals surface area (Å²) in [5, 5.41) is 0. The lowest BCUT2D eigenvalue weighted by Crippen LogP contribution is -1.86. The fraction of sp³-hybridized carbons (Fsp3) is 0.120. The van der Waals surface area contributed by atoms with Gasteiger partial charge in [-0.3, -0.25) is 0 Å². The molecule has 25 heavy (non-hydrogen) atoms. The highest BCUT2D eigenvalue weighted by atomic mass is 14.1. The van der Waals surface area contributed by atoms with Gasteiger partial charge in [-0.25, -0.2) is 0 Å². The van der Waals surface area contributed by atoms with Crippen molar-refractivity contribution >= 4 is 5.57 Å². The molecule has 0 nitrogen and oxygen atoms in total. The first-order valence-electron chi connectivity index (χ1n) is 8.68. The van der Waals surface area contributed by atoms with E-state index in [1.165, 1.54) is 39.0 Å². The Hall–Kier alpha value is -2.86. The van der Waals surface area contributed by atoms with Crippen LogP contribution in [0.1, 0.15) is 25.0 Å². The molecule has 0 heterocycles. The molecule has 0 radical (unpaired) electrons. The van der Waals surface area contributed by atoms with E-state index in [1.807, 2.05) is 6.92 Å². The van der Waals surface area contributed by atoms with Crippen LogP contribution in [0, 0.1) is 6.92 Å². The summed E-state index contributed by atoms with van der Waals surface area (Å²) in [6, 6.07) is 26.0. The third-order valence-electron chi connectivity index (χ3n) is 4.71. The van der Waals surface area contributed by atoms with E-state index in [1.54, 1.807) is 0 Å². The first-order chi connectivity index (χ1) is 12.1. The van der Waals surface area contributed by atoms with Gasteiger partial charge in [-0.1, -0.05) is 91.0 Å². The normalized spacial score (nSPS) is 11.4. The van der Waals surface area contributed by atoms with Crippen LogP contribution in [0.15, 0.2) is 91.0 Å². The second-order valence-electron chi connectivity index (χ2n) is 6.47. The molecule has 0 aliphatic rings. The molecule has 0 aliphatic carbocycles. The molecule has 0 amide bonds. The Kier molecular flexibility index (Phi) is 5.00. The number of rotatable bonds is 4. The summed E-state index contributed by atoms with van der Waals surface area (Å²) in [4.78, 5) is 0. The summed E-state index contributed by atoms with van der Waals surface area (Å²) in [6.45, 7) is 10.5.